The molecule has 0 atom stereocenters. The van der Waals surface area contributed by atoms with Gasteiger partial charge in [-0.05, 0) is 44.4 Å². The zero-order chi connectivity index (χ0) is 17.9. The molecule has 2 fully saturated rings. The molecule has 1 aliphatic heterocycles. The lowest BCUT2D eigenvalue weighted by molar-refractivity contribution is -0.127. The van der Waals surface area contributed by atoms with E-state index in [0.29, 0.717) is 11.6 Å². The average Bonchev–Trinajstić information content (AvgIpc) is 3.12. The third kappa shape index (κ3) is 4.02. The number of benzene rings is 1. The van der Waals surface area contributed by atoms with Gasteiger partial charge in [-0.2, -0.15) is 0 Å². The van der Waals surface area contributed by atoms with Crippen LogP contribution in [-0.2, 0) is 14.9 Å². The Morgan fingerprint density at radius 2 is 1.80 bits per heavy atom. The second-order valence-corrected chi connectivity index (χ2v) is 8.33. The van der Waals surface area contributed by atoms with Crippen LogP contribution in [0.3, 0.4) is 0 Å². The van der Waals surface area contributed by atoms with E-state index in [1.165, 1.54) is 0 Å². The Morgan fingerprint density at radius 1 is 1.20 bits per heavy atom. The lowest BCUT2D eigenvalue weighted by Crippen LogP contribution is -2.57. The standard InChI is InChI=1S/C20H29ClN2O2/c1-19(2,23-11-13-25-14-12-23)15-22-18(24)20(9-3-4-10-20)16-5-7-17(21)8-6-16/h5-8H,3-4,9-15H2,1-2H3,(H,22,24). The minimum absolute atomic E-state index is 0.0702. The van der Waals surface area contributed by atoms with Crippen LogP contribution in [0.25, 0.3) is 0 Å². The van der Waals surface area contributed by atoms with Gasteiger partial charge in [0.25, 0.3) is 0 Å². The van der Waals surface area contributed by atoms with Crippen molar-refractivity contribution in [3.63, 3.8) is 0 Å². The van der Waals surface area contributed by atoms with Gasteiger partial charge in [0.2, 0.25) is 5.91 Å². The molecular weight excluding hydrogens is 336 g/mol. The summed E-state index contributed by atoms with van der Waals surface area (Å²) < 4.78 is 5.45. The number of hydrogen-bond donors (Lipinski definition) is 1. The maximum absolute atomic E-state index is 13.2. The number of rotatable bonds is 5. The highest BCUT2D eigenvalue weighted by molar-refractivity contribution is 6.30. The van der Waals surface area contributed by atoms with Crippen molar-refractivity contribution in [3.8, 4) is 0 Å². The SMILES string of the molecule is CC(C)(CNC(=O)C1(c2ccc(Cl)cc2)CCCC1)N1CCOCC1. The first-order chi connectivity index (χ1) is 11.9. The first-order valence-corrected chi connectivity index (χ1v) is 9.69. The second-order valence-electron chi connectivity index (χ2n) is 7.89. The molecule has 1 saturated heterocycles. The van der Waals surface area contributed by atoms with Crippen molar-refractivity contribution in [3.05, 3.63) is 34.9 Å². The fourth-order valence-corrected chi connectivity index (χ4v) is 4.27. The molecule has 5 heteroatoms. The Bertz CT molecular complexity index is 588. The molecule has 1 aliphatic carbocycles. The quantitative estimate of drug-likeness (QED) is 0.870. The van der Waals surface area contributed by atoms with Crippen LogP contribution < -0.4 is 5.32 Å². The Balaban J connectivity index is 1.70. The molecule has 1 heterocycles. The first kappa shape index (κ1) is 18.7. The minimum Gasteiger partial charge on any atom is -0.379 e. The predicted octanol–water partition coefficient (Wildman–Crippen LogP) is 3.38. The van der Waals surface area contributed by atoms with Crippen molar-refractivity contribution < 1.29 is 9.53 Å². The number of halogens is 1. The van der Waals surface area contributed by atoms with E-state index in [4.69, 9.17) is 16.3 Å². The summed E-state index contributed by atoms with van der Waals surface area (Å²) in [4.78, 5) is 15.6. The average molecular weight is 365 g/mol. The van der Waals surface area contributed by atoms with Crippen LogP contribution in [0.2, 0.25) is 5.02 Å². The molecule has 4 nitrogen and oxygen atoms in total. The van der Waals surface area contributed by atoms with Crippen LogP contribution >= 0.6 is 11.6 Å². The lowest BCUT2D eigenvalue weighted by Gasteiger charge is -2.41. The third-order valence-corrected chi connectivity index (χ3v) is 6.09. The van der Waals surface area contributed by atoms with Crippen molar-refractivity contribution in [2.75, 3.05) is 32.8 Å². The van der Waals surface area contributed by atoms with Crippen LogP contribution in [0.1, 0.15) is 45.1 Å². The van der Waals surface area contributed by atoms with E-state index in [1.807, 2.05) is 24.3 Å². The van der Waals surface area contributed by atoms with E-state index in [0.717, 1.165) is 57.6 Å². The maximum atomic E-state index is 13.2. The summed E-state index contributed by atoms with van der Waals surface area (Å²) in [5.41, 5.74) is 0.626. The molecule has 25 heavy (non-hydrogen) atoms. The van der Waals surface area contributed by atoms with Gasteiger partial charge in [0.05, 0.1) is 18.6 Å². The van der Waals surface area contributed by atoms with Gasteiger partial charge in [-0.1, -0.05) is 36.6 Å². The Morgan fingerprint density at radius 3 is 2.40 bits per heavy atom. The number of amides is 1. The molecule has 1 amide bonds. The van der Waals surface area contributed by atoms with E-state index in [-0.39, 0.29) is 11.4 Å². The molecule has 1 aromatic carbocycles. The molecule has 0 spiro atoms. The normalized spacial score (nSPS) is 21.2. The molecule has 1 saturated carbocycles. The molecule has 0 aromatic heterocycles. The first-order valence-electron chi connectivity index (χ1n) is 9.31. The van der Waals surface area contributed by atoms with Crippen molar-refractivity contribution in [1.82, 2.24) is 10.2 Å². The monoisotopic (exact) mass is 364 g/mol. The van der Waals surface area contributed by atoms with Crippen LogP contribution in [-0.4, -0.2) is 49.2 Å². The van der Waals surface area contributed by atoms with Gasteiger partial charge in [-0.25, -0.2) is 0 Å². The lowest BCUT2D eigenvalue weighted by atomic mass is 9.78. The molecule has 0 unspecified atom stereocenters. The molecule has 3 rings (SSSR count). The number of carbonyl (C=O) groups excluding carboxylic acids is 1. The highest BCUT2D eigenvalue weighted by atomic mass is 35.5. The summed E-state index contributed by atoms with van der Waals surface area (Å²) in [5.74, 6) is 0.161. The zero-order valence-corrected chi connectivity index (χ0v) is 16.1. The van der Waals surface area contributed by atoms with Crippen LogP contribution in [0.15, 0.2) is 24.3 Å². The highest BCUT2D eigenvalue weighted by Gasteiger charge is 2.43. The van der Waals surface area contributed by atoms with Crippen LogP contribution in [0.5, 0.6) is 0 Å². The van der Waals surface area contributed by atoms with Gasteiger partial charge in [0, 0.05) is 30.2 Å². The van der Waals surface area contributed by atoms with Gasteiger partial charge in [-0.15, -0.1) is 0 Å². The smallest absolute Gasteiger partial charge is 0.230 e. The Hall–Kier alpha value is -1.10. The number of carbonyl (C=O) groups is 1. The maximum Gasteiger partial charge on any atom is 0.230 e. The third-order valence-electron chi connectivity index (χ3n) is 5.84. The Kier molecular flexibility index (Phi) is 5.71. The summed E-state index contributed by atoms with van der Waals surface area (Å²) in [5, 5.41) is 3.98. The fraction of sp³-hybridized carbons (Fsp3) is 0.650. The topological polar surface area (TPSA) is 41.6 Å². The molecule has 2 aliphatic rings. The summed E-state index contributed by atoms with van der Waals surface area (Å²) >= 11 is 6.03. The largest absolute Gasteiger partial charge is 0.379 e. The number of hydrogen-bond acceptors (Lipinski definition) is 3. The number of ether oxygens (including phenoxy) is 1. The van der Waals surface area contributed by atoms with Crippen LogP contribution in [0.4, 0.5) is 0 Å². The molecule has 0 bridgehead atoms. The van der Waals surface area contributed by atoms with Gasteiger partial charge in [0.1, 0.15) is 0 Å². The van der Waals surface area contributed by atoms with Crippen molar-refractivity contribution in [2.24, 2.45) is 0 Å². The highest BCUT2D eigenvalue weighted by Crippen LogP contribution is 2.41. The summed E-state index contributed by atoms with van der Waals surface area (Å²) in [6.45, 7) is 8.43. The summed E-state index contributed by atoms with van der Waals surface area (Å²) in [7, 11) is 0. The molecule has 138 valence electrons. The van der Waals surface area contributed by atoms with Gasteiger partial charge < -0.3 is 10.1 Å². The molecule has 1 aromatic rings. The zero-order valence-electron chi connectivity index (χ0n) is 15.3. The molecule has 1 N–H and O–H groups in total. The predicted molar refractivity (Wildman–Crippen MR) is 101 cm³/mol. The number of nitrogens with one attached hydrogen (secondary N) is 1. The van der Waals surface area contributed by atoms with E-state index >= 15 is 0 Å². The number of nitrogens with zero attached hydrogens (tertiary/aromatic N) is 1. The van der Waals surface area contributed by atoms with Gasteiger partial charge in [-0.3, -0.25) is 9.69 Å². The second kappa shape index (κ2) is 7.65. The van der Waals surface area contributed by atoms with Crippen LogP contribution in [0, 0.1) is 0 Å². The number of morpholine rings is 1. The fourth-order valence-electron chi connectivity index (χ4n) is 4.14. The molecular formula is C20H29ClN2O2. The van der Waals surface area contributed by atoms with Crippen molar-refractivity contribution >= 4 is 17.5 Å². The minimum atomic E-state index is -0.397. The van der Waals surface area contributed by atoms with E-state index in [1.54, 1.807) is 0 Å². The van der Waals surface area contributed by atoms with Gasteiger partial charge in [0.15, 0.2) is 0 Å². The van der Waals surface area contributed by atoms with Crippen molar-refractivity contribution in [1.29, 1.82) is 0 Å². The summed E-state index contributed by atoms with van der Waals surface area (Å²) in [6.07, 6.45) is 4.03. The van der Waals surface area contributed by atoms with E-state index in [9.17, 15) is 4.79 Å². The Labute approximate surface area is 155 Å². The van der Waals surface area contributed by atoms with Gasteiger partial charge >= 0.3 is 0 Å². The molecule has 0 radical (unpaired) electrons. The van der Waals surface area contributed by atoms with Crippen molar-refractivity contribution in [2.45, 2.75) is 50.5 Å². The summed E-state index contributed by atoms with van der Waals surface area (Å²) in [6, 6.07) is 7.81. The van der Waals surface area contributed by atoms with E-state index < -0.39 is 5.41 Å². The van der Waals surface area contributed by atoms with E-state index in [2.05, 4.69) is 24.1 Å².